The maximum atomic E-state index is 9.83. The van der Waals surface area contributed by atoms with Crippen LogP contribution in [0.25, 0.3) is 0 Å². The van der Waals surface area contributed by atoms with Crippen molar-refractivity contribution in [3.8, 4) is 0 Å². The largest absolute Gasteiger partial charge is 0.387 e. The van der Waals surface area contributed by atoms with E-state index in [2.05, 4.69) is 0 Å². The van der Waals surface area contributed by atoms with Gasteiger partial charge in [0.25, 0.3) is 0 Å². The van der Waals surface area contributed by atoms with E-state index in [0.29, 0.717) is 22.0 Å². The van der Waals surface area contributed by atoms with Crippen LogP contribution in [0.4, 0.5) is 0 Å². The summed E-state index contributed by atoms with van der Waals surface area (Å²) in [6.45, 7) is 1.91. The fraction of sp³-hybridized carbons (Fsp3) is 0.400. The molecule has 0 unspecified atom stereocenters. The number of aliphatic hydroxyl groups excluding tert-OH is 1. The van der Waals surface area contributed by atoms with Crippen molar-refractivity contribution in [3.05, 3.63) is 33.8 Å². The van der Waals surface area contributed by atoms with Gasteiger partial charge in [-0.25, -0.2) is 0 Å². The van der Waals surface area contributed by atoms with E-state index in [0.717, 1.165) is 0 Å². The molecule has 0 bridgehead atoms. The highest BCUT2D eigenvalue weighted by Crippen LogP contribution is 2.31. The molecule has 0 aromatic heterocycles. The van der Waals surface area contributed by atoms with Crippen molar-refractivity contribution in [1.29, 1.82) is 0 Å². The lowest BCUT2D eigenvalue weighted by Crippen LogP contribution is -2.27. The Morgan fingerprint density at radius 3 is 2.64 bits per heavy atom. The van der Waals surface area contributed by atoms with Crippen LogP contribution >= 0.6 is 23.2 Å². The summed E-state index contributed by atoms with van der Waals surface area (Å²) in [6, 6.07) is 4.84. The third-order valence-corrected chi connectivity index (χ3v) is 3.01. The lowest BCUT2D eigenvalue weighted by Gasteiger charge is -2.18. The summed E-state index contributed by atoms with van der Waals surface area (Å²) >= 11 is 11.8. The van der Waals surface area contributed by atoms with E-state index in [1.54, 1.807) is 18.2 Å². The van der Waals surface area contributed by atoms with Crippen molar-refractivity contribution in [2.45, 2.75) is 25.5 Å². The molecule has 0 aliphatic rings. The quantitative estimate of drug-likeness (QED) is 0.844. The highest BCUT2D eigenvalue weighted by atomic mass is 35.5. The molecule has 0 aliphatic heterocycles. The molecule has 3 N–H and O–H groups in total. The lowest BCUT2D eigenvalue weighted by molar-refractivity contribution is 0.144. The zero-order valence-corrected chi connectivity index (χ0v) is 9.39. The third-order valence-electron chi connectivity index (χ3n) is 2.18. The first kappa shape index (κ1) is 11.8. The summed E-state index contributed by atoms with van der Waals surface area (Å²) in [5.41, 5.74) is 6.31. The van der Waals surface area contributed by atoms with Gasteiger partial charge in [0, 0.05) is 11.6 Å². The van der Waals surface area contributed by atoms with Crippen molar-refractivity contribution in [2.75, 3.05) is 0 Å². The van der Waals surface area contributed by atoms with Crippen molar-refractivity contribution in [3.63, 3.8) is 0 Å². The Bertz CT molecular complexity index is 317. The summed E-state index contributed by atoms with van der Waals surface area (Å²) in [7, 11) is 0. The predicted molar refractivity (Wildman–Crippen MR) is 59.7 cm³/mol. The average Bonchev–Trinajstić information content (AvgIpc) is 2.20. The van der Waals surface area contributed by atoms with Crippen LogP contribution in [-0.4, -0.2) is 11.1 Å². The standard InChI is InChI=1S/C10H13Cl2NO/c1-2-8(13)10(14)6-4-3-5-7(11)9(6)12/h3-5,8,10,14H,2,13H2,1H3/t8-,10+/m1/s1. The second kappa shape index (κ2) is 4.99. The minimum absolute atomic E-state index is 0.314. The van der Waals surface area contributed by atoms with Gasteiger partial charge in [-0.2, -0.15) is 0 Å². The molecule has 0 saturated carbocycles. The van der Waals surface area contributed by atoms with Gasteiger partial charge in [0.2, 0.25) is 0 Å². The maximum absolute atomic E-state index is 9.83. The second-order valence-corrected chi connectivity index (χ2v) is 3.95. The number of benzene rings is 1. The fourth-order valence-electron chi connectivity index (χ4n) is 1.20. The van der Waals surface area contributed by atoms with Crippen LogP contribution in [0.5, 0.6) is 0 Å². The van der Waals surface area contributed by atoms with Gasteiger partial charge in [-0.15, -0.1) is 0 Å². The van der Waals surface area contributed by atoms with Gasteiger partial charge in [0.05, 0.1) is 16.1 Å². The monoisotopic (exact) mass is 233 g/mol. The Morgan fingerprint density at radius 2 is 2.07 bits per heavy atom. The number of aliphatic hydroxyl groups is 1. The van der Waals surface area contributed by atoms with Gasteiger partial charge in [0.15, 0.2) is 0 Å². The van der Waals surface area contributed by atoms with Crippen LogP contribution in [0.3, 0.4) is 0 Å². The zero-order valence-electron chi connectivity index (χ0n) is 7.87. The van der Waals surface area contributed by atoms with Crippen LogP contribution in [0.1, 0.15) is 25.0 Å². The van der Waals surface area contributed by atoms with E-state index in [1.165, 1.54) is 0 Å². The molecule has 0 spiro atoms. The van der Waals surface area contributed by atoms with Crippen molar-refractivity contribution in [2.24, 2.45) is 5.73 Å². The Balaban J connectivity index is 3.01. The molecule has 1 aromatic carbocycles. The average molecular weight is 234 g/mol. The topological polar surface area (TPSA) is 46.2 Å². The van der Waals surface area contributed by atoms with Gasteiger partial charge in [-0.1, -0.05) is 42.3 Å². The summed E-state index contributed by atoms with van der Waals surface area (Å²) in [6.07, 6.45) is -0.0736. The van der Waals surface area contributed by atoms with Crippen LogP contribution < -0.4 is 5.73 Å². The molecular formula is C10H13Cl2NO. The minimum atomic E-state index is -0.758. The molecule has 2 nitrogen and oxygen atoms in total. The Morgan fingerprint density at radius 1 is 1.43 bits per heavy atom. The number of hydrogen-bond acceptors (Lipinski definition) is 2. The van der Waals surface area contributed by atoms with Crippen LogP contribution in [-0.2, 0) is 0 Å². The van der Waals surface area contributed by atoms with Gasteiger partial charge in [-0.05, 0) is 12.5 Å². The first-order valence-corrected chi connectivity index (χ1v) is 5.21. The van der Waals surface area contributed by atoms with Gasteiger partial charge < -0.3 is 10.8 Å². The summed E-state index contributed by atoms with van der Waals surface area (Å²) < 4.78 is 0. The second-order valence-electron chi connectivity index (χ2n) is 3.16. The first-order chi connectivity index (χ1) is 6.57. The van der Waals surface area contributed by atoms with E-state index in [1.807, 2.05) is 6.92 Å². The molecule has 1 aromatic rings. The van der Waals surface area contributed by atoms with E-state index in [-0.39, 0.29) is 6.04 Å². The molecule has 4 heteroatoms. The molecular weight excluding hydrogens is 221 g/mol. The Kier molecular flexibility index (Phi) is 4.20. The fourth-order valence-corrected chi connectivity index (χ4v) is 1.62. The summed E-state index contributed by atoms with van der Waals surface area (Å²) in [5.74, 6) is 0. The smallest absolute Gasteiger partial charge is 0.0955 e. The van der Waals surface area contributed by atoms with E-state index < -0.39 is 6.10 Å². The SMILES string of the molecule is CC[C@@H](N)[C@@H](O)c1cccc(Cl)c1Cl. The van der Waals surface area contributed by atoms with Gasteiger partial charge in [0.1, 0.15) is 0 Å². The molecule has 0 heterocycles. The molecule has 14 heavy (non-hydrogen) atoms. The van der Waals surface area contributed by atoms with Crippen molar-refractivity contribution in [1.82, 2.24) is 0 Å². The number of hydrogen-bond donors (Lipinski definition) is 2. The summed E-state index contributed by atoms with van der Waals surface area (Å²) in [5, 5.41) is 10.6. The van der Waals surface area contributed by atoms with Gasteiger partial charge in [-0.3, -0.25) is 0 Å². The molecule has 1 rings (SSSR count). The highest BCUT2D eigenvalue weighted by molar-refractivity contribution is 6.42. The van der Waals surface area contributed by atoms with Gasteiger partial charge >= 0.3 is 0 Å². The zero-order chi connectivity index (χ0) is 10.7. The summed E-state index contributed by atoms with van der Waals surface area (Å²) in [4.78, 5) is 0. The van der Waals surface area contributed by atoms with Crippen LogP contribution in [0.15, 0.2) is 18.2 Å². The lowest BCUT2D eigenvalue weighted by atomic mass is 10.0. The van der Waals surface area contributed by atoms with E-state index in [4.69, 9.17) is 28.9 Å². The molecule has 0 fully saturated rings. The molecule has 0 saturated heterocycles. The number of rotatable bonds is 3. The van der Waals surface area contributed by atoms with Crippen molar-refractivity contribution < 1.29 is 5.11 Å². The normalized spacial score (nSPS) is 15.2. The predicted octanol–water partition coefficient (Wildman–Crippen LogP) is 2.76. The first-order valence-electron chi connectivity index (χ1n) is 4.45. The van der Waals surface area contributed by atoms with Crippen LogP contribution in [0.2, 0.25) is 10.0 Å². The molecule has 78 valence electrons. The van der Waals surface area contributed by atoms with Crippen LogP contribution in [0, 0.1) is 0 Å². The number of halogens is 2. The molecule has 2 atom stereocenters. The maximum Gasteiger partial charge on any atom is 0.0955 e. The Labute approximate surface area is 93.6 Å². The third kappa shape index (κ3) is 2.39. The van der Waals surface area contributed by atoms with E-state index in [9.17, 15) is 5.11 Å². The van der Waals surface area contributed by atoms with Crippen molar-refractivity contribution >= 4 is 23.2 Å². The minimum Gasteiger partial charge on any atom is -0.387 e. The van der Waals surface area contributed by atoms with E-state index >= 15 is 0 Å². The molecule has 0 radical (unpaired) electrons. The number of nitrogens with two attached hydrogens (primary N) is 1. The molecule has 0 amide bonds. The Hall–Kier alpha value is -0.280. The highest BCUT2D eigenvalue weighted by Gasteiger charge is 2.18. The molecule has 0 aliphatic carbocycles.